The number of carbonyl (C=O) groups is 1. The Hall–Kier alpha value is -4.04. The number of nitrogens with zero attached hydrogens (tertiary/aromatic N) is 4. The Labute approximate surface area is 240 Å². The van der Waals surface area contributed by atoms with Crippen LogP contribution in [-0.2, 0) is 6.18 Å². The lowest BCUT2D eigenvalue weighted by atomic mass is 9.93. The minimum absolute atomic E-state index is 0.0332. The number of anilines is 3. The van der Waals surface area contributed by atoms with Crippen molar-refractivity contribution >= 4 is 40.3 Å². The van der Waals surface area contributed by atoms with Crippen LogP contribution in [0.5, 0.6) is 0 Å². The Kier molecular flexibility index (Phi) is 8.19. The van der Waals surface area contributed by atoms with Crippen LogP contribution in [0.15, 0.2) is 48.8 Å². The molecular formula is C27H24ClF6N7O. The van der Waals surface area contributed by atoms with E-state index in [2.05, 4.69) is 20.7 Å². The maximum absolute atomic E-state index is 14.1. The van der Waals surface area contributed by atoms with Gasteiger partial charge in [0.2, 0.25) is 0 Å². The molecule has 3 heterocycles. The number of piperidine rings is 1. The number of urea groups is 1. The van der Waals surface area contributed by atoms with Gasteiger partial charge < -0.3 is 16.4 Å². The van der Waals surface area contributed by atoms with Crippen LogP contribution in [-0.4, -0.2) is 51.6 Å². The number of likely N-dealkylation sites (tertiary alicyclic amines) is 1. The largest absolute Gasteiger partial charge is 0.416 e. The lowest BCUT2D eigenvalue weighted by Crippen LogP contribution is -2.36. The summed E-state index contributed by atoms with van der Waals surface area (Å²) in [6.45, 7) is 0.751. The van der Waals surface area contributed by atoms with Gasteiger partial charge in [-0.05, 0) is 67.9 Å². The molecule has 0 bridgehead atoms. The van der Waals surface area contributed by atoms with Crippen molar-refractivity contribution in [1.29, 1.82) is 0 Å². The highest BCUT2D eigenvalue weighted by Gasteiger charge is 2.31. The number of nitrogens with two attached hydrogens (primary N) is 1. The number of hydrogen-bond acceptors (Lipinski definition) is 5. The monoisotopic (exact) mass is 611 g/mol. The van der Waals surface area contributed by atoms with E-state index >= 15 is 0 Å². The van der Waals surface area contributed by atoms with Crippen LogP contribution in [0.1, 0.15) is 30.0 Å². The predicted octanol–water partition coefficient (Wildman–Crippen LogP) is 6.88. The Morgan fingerprint density at radius 2 is 1.79 bits per heavy atom. The number of aromatic nitrogens is 3. The summed E-state index contributed by atoms with van der Waals surface area (Å²) in [5, 5.41) is 8.93. The Bertz CT molecular complexity index is 1620. The maximum Gasteiger partial charge on any atom is 0.416 e. The minimum atomic E-state index is -4.72. The second kappa shape index (κ2) is 11.7. The van der Waals surface area contributed by atoms with Crippen molar-refractivity contribution in [3.05, 3.63) is 70.9 Å². The molecule has 8 nitrogen and oxygen atoms in total. The zero-order valence-corrected chi connectivity index (χ0v) is 22.5. The van der Waals surface area contributed by atoms with Crippen molar-refractivity contribution in [2.45, 2.75) is 31.4 Å². The summed E-state index contributed by atoms with van der Waals surface area (Å²) < 4.78 is 80.3. The number of carbonyl (C=O) groups excluding carboxylic acids is 1. The lowest BCUT2D eigenvalue weighted by molar-refractivity contribution is -0.137. The molecule has 0 radical (unpaired) electrons. The number of rotatable bonds is 6. The molecule has 0 spiro atoms. The SMILES string of the molecule is Nc1ncnn2c(C3CCN(CC(F)F)CC3)cc(-c3ccc(NC(=O)Nc4cc(C(F)(F)F)ccc4F)c(Cl)c3)c12. The molecule has 2 aromatic heterocycles. The van der Waals surface area contributed by atoms with E-state index < -0.39 is 35.7 Å². The Morgan fingerprint density at radius 3 is 2.45 bits per heavy atom. The fraction of sp³-hybridized carbons (Fsp3) is 0.296. The van der Waals surface area contributed by atoms with E-state index in [0.29, 0.717) is 60.8 Å². The lowest BCUT2D eigenvalue weighted by Gasteiger charge is -2.31. The summed E-state index contributed by atoms with van der Waals surface area (Å²) in [7, 11) is 0. The number of fused-ring (bicyclic) bond motifs is 1. The molecule has 42 heavy (non-hydrogen) atoms. The van der Waals surface area contributed by atoms with Gasteiger partial charge in [-0.2, -0.15) is 18.3 Å². The molecule has 5 rings (SSSR count). The van der Waals surface area contributed by atoms with Gasteiger partial charge in [0, 0.05) is 17.2 Å². The van der Waals surface area contributed by atoms with Crippen molar-refractivity contribution in [2.75, 3.05) is 36.0 Å². The van der Waals surface area contributed by atoms with E-state index in [9.17, 15) is 31.1 Å². The van der Waals surface area contributed by atoms with Gasteiger partial charge >= 0.3 is 12.2 Å². The summed E-state index contributed by atoms with van der Waals surface area (Å²) >= 11 is 6.45. The van der Waals surface area contributed by atoms with Crippen LogP contribution >= 0.6 is 11.6 Å². The first-order valence-corrected chi connectivity index (χ1v) is 13.2. The number of benzene rings is 2. The summed E-state index contributed by atoms with van der Waals surface area (Å²) in [6.07, 6.45) is -4.50. The van der Waals surface area contributed by atoms with E-state index in [-0.39, 0.29) is 29.0 Å². The molecule has 2 amide bonds. The van der Waals surface area contributed by atoms with Gasteiger partial charge in [-0.1, -0.05) is 17.7 Å². The molecule has 1 aliphatic rings. The number of nitrogens with one attached hydrogen (secondary N) is 2. The molecule has 0 unspecified atom stereocenters. The molecule has 1 fully saturated rings. The van der Waals surface area contributed by atoms with Crippen molar-refractivity contribution in [1.82, 2.24) is 19.5 Å². The van der Waals surface area contributed by atoms with Crippen LogP contribution < -0.4 is 16.4 Å². The van der Waals surface area contributed by atoms with Gasteiger partial charge in [-0.25, -0.2) is 27.5 Å². The van der Waals surface area contributed by atoms with Gasteiger partial charge in [0.05, 0.1) is 28.5 Å². The van der Waals surface area contributed by atoms with E-state index in [1.165, 1.54) is 12.4 Å². The van der Waals surface area contributed by atoms with E-state index in [1.54, 1.807) is 21.5 Å². The fourth-order valence-electron chi connectivity index (χ4n) is 5.07. The first-order chi connectivity index (χ1) is 19.9. The molecular weight excluding hydrogens is 588 g/mol. The van der Waals surface area contributed by atoms with E-state index in [4.69, 9.17) is 17.3 Å². The predicted molar refractivity (Wildman–Crippen MR) is 146 cm³/mol. The topological polar surface area (TPSA) is 101 Å². The summed E-state index contributed by atoms with van der Waals surface area (Å²) in [5.41, 5.74) is 7.17. The van der Waals surface area contributed by atoms with Crippen LogP contribution in [0.2, 0.25) is 5.02 Å². The van der Waals surface area contributed by atoms with Crippen molar-refractivity contribution in [3.63, 3.8) is 0 Å². The second-order valence-corrected chi connectivity index (χ2v) is 10.2. The highest BCUT2D eigenvalue weighted by atomic mass is 35.5. The highest BCUT2D eigenvalue weighted by molar-refractivity contribution is 6.34. The average Bonchev–Trinajstić information content (AvgIpc) is 3.31. The zero-order valence-electron chi connectivity index (χ0n) is 21.7. The molecule has 222 valence electrons. The summed E-state index contributed by atoms with van der Waals surface area (Å²) in [5.74, 6) is -0.802. The molecule has 1 saturated heterocycles. The van der Waals surface area contributed by atoms with E-state index in [1.807, 2.05) is 6.07 Å². The fourth-order valence-corrected chi connectivity index (χ4v) is 5.29. The Morgan fingerprint density at radius 1 is 1.07 bits per heavy atom. The third-order valence-electron chi connectivity index (χ3n) is 7.08. The van der Waals surface area contributed by atoms with Crippen molar-refractivity contribution < 1.29 is 31.1 Å². The quantitative estimate of drug-likeness (QED) is 0.206. The number of alkyl halides is 5. The second-order valence-electron chi connectivity index (χ2n) is 9.82. The van der Waals surface area contributed by atoms with Gasteiger partial charge in [0.15, 0.2) is 5.82 Å². The van der Waals surface area contributed by atoms with Crippen molar-refractivity contribution in [2.24, 2.45) is 0 Å². The molecule has 1 aliphatic heterocycles. The third-order valence-corrected chi connectivity index (χ3v) is 7.40. The van der Waals surface area contributed by atoms with Gasteiger partial charge in [0.1, 0.15) is 17.7 Å². The molecule has 4 aromatic rings. The number of hydrogen-bond donors (Lipinski definition) is 3. The third kappa shape index (κ3) is 6.23. The summed E-state index contributed by atoms with van der Waals surface area (Å²) in [4.78, 5) is 18.3. The first kappa shape index (κ1) is 29.5. The molecule has 2 aromatic carbocycles. The normalized spacial score (nSPS) is 15.0. The van der Waals surface area contributed by atoms with Crippen LogP contribution in [0, 0.1) is 5.82 Å². The highest BCUT2D eigenvalue weighted by Crippen LogP contribution is 2.38. The molecule has 0 aliphatic carbocycles. The van der Waals surface area contributed by atoms with E-state index in [0.717, 1.165) is 5.69 Å². The molecule has 15 heteroatoms. The molecule has 0 saturated carbocycles. The van der Waals surface area contributed by atoms with Crippen LogP contribution in [0.3, 0.4) is 0 Å². The Balaban J connectivity index is 1.37. The number of amides is 2. The minimum Gasteiger partial charge on any atom is -0.382 e. The van der Waals surface area contributed by atoms with Crippen LogP contribution in [0.4, 0.5) is 48.3 Å². The molecule has 0 atom stereocenters. The number of nitrogen functional groups attached to an aromatic ring is 1. The average molecular weight is 612 g/mol. The molecule has 4 N–H and O–H groups in total. The first-order valence-electron chi connectivity index (χ1n) is 12.8. The zero-order chi connectivity index (χ0) is 30.2. The van der Waals surface area contributed by atoms with Crippen molar-refractivity contribution in [3.8, 4) is 11.1 Å². The van der Waals surface area contributed by atoms with Gasteiger partial charge in [-0.15, -0.1) is 0 Å². The van der Waals surface area contributed by atoms with Crippen LogP contribution in [0.25, 0.3) is 16.6 Å². The van der Waals surface area contributed by atoms with Gasteiger partial charge in [0.25, 0.3) is 6.43 Å². The van der Waals surface area contributed by atoms with Gasteiger partial charge in [-0.3, -0.25) is 4.90 Å². The number of halogens is 7. The maximum atomic E-state index is 14.1. The smallest absolute Gasteiger partial charge is 0.382 e. The standard InChI is InChI=1S/C27H24ClF6N7O/c28-18-9-15(1-4-20(18)38-26(42)39-21-10-16(27(32,33)34)2-3-19(21)29)17-11-22(41-24(17)25(35)36-13-37-41)14-5-7-40(8-6-14)12-23(30)31/h1-4,9-11,13-14,23H,5-8,12H2,(H2,35,36,37)(H2,38,39,42). The summed E-state index contributed by atoms with van der Waals surface area (Å²) in [6, 6.07) is 7.24.